The van der Waals surface area contributed by atoms with Crippen molar-refractivity contribution in [3.05, 3.63) is 12.2 Å². The fraction of sp³-hybridized carbons (Fsp3) is 0.769. The van der Waals surface area contributed by atoms with Gasteiger partial charge >= 0.3 is 5.97 Å². The standard InChI is InChI=1S/C13H22O2/c1-10(2)12(14)15-9-13(4)7-5-6-11(3)8-13/h11H,1,5-9H2,2-4H3. The Morgan fingerprint density at radius 2 is 2.27 bits per heavy atom. The zero-order valence-corrected chi connectivity index (χ0v) is 10.1. The highest BCUT2D eigenvalue weighted by molar-refractivity contribution is 5.86. The van der Waals surface area contributed by atoms with Crippen molar-refractivity contribution < 1.29 is 9.53 Å². The van der Waals surface area contributed by atoms with E-state index in [0.717, 1.165) is 12.3 Å². The van der Waals surface area contributed by atoms with Crippen LogP contribution in [0.5, 0.6) is 0 Å². The van der Waals surface area contributed by atoms with E-state index in [1.807, 2.05) is 0 Å². The van der Waals surface area contributed by atoms with E-state index in [9.17, 15) is 4.79 Å². The molecule has 0 aromatic carbocycles. The van der Waals surface area contributed by atoms with Crippen LogP contribution in [0.15, 0.2) is 12.2 Å². The summed E-state index contributed by atoms with van der Waals surface area (Å²) in [5.41, 5.74) is 0.672. The summed E-state index contributed by atoms with van der Waals surface area (Å²) in [6.45, 7) is 10.3. The summed E-state index contributed by atoms with van der Waals surface area (Å²) in [6, 6.07) is 0. The lowest BCUT2D eigenvalue weighted by Crippen LogP contribution is -2.30. The summed E-state index contributed by atoms with van der Waals surface area (Å²) in [5.74, 6) is 0.502. The molecule has 15 heavy (non-hydrogen) atoms. The summed E-state index contributed by atoms with van der Waals surface area (Å²) >= 11 is 0. The van der Waals surface area contributed by atoms with E-state index in [0.29, 0.717) is 12.2 Å². The number of hydrogen-bond acceptors (Lipinski definition) is 2. The van der Waals surface area contributed by atoms with Crippen molar-refractivity contribution in [3.63, 3.8) is 0 Å². The molecule has 86 valence electrons. The fourth-order valence-electron chi connectivity index (χ4n) is 2.42. The van der Waals surface area contributed by atoms with Crippen LogP contribution < -0.4 is 0 Å². The Balaban J connectivity index is 2.42. The molecule has 1 saturated carbocycles. The fourth-order valence-corrected chi connectivity index (χ4v) is 2.42. The van der Waals surface area contributed by atoms with Crippen LogP contribution in [0.4, 0.5) is 0 Å². The van der Waals surface area contributed by atoms with Crippen LogP contribution >= 0.6 is 0 Å². The Morgan fingerprint density at radius 1 is 1.60 bits per heavy atom. The van der Waals surface area contributed by atoms with Crippen LogP contribution in [0, 0.1) is 11.3 Å². The second-order valence-electron chi connectivity index (χ2n) is 5.37. The molecule has 2 unspecified atom stereocenters. The van der Waals surface area contributed by atoms with Gasteiger partial charge in [-0.2, -0.15) is 0 Å². The maximum Gasteiger partial charge on any atom is 0.333 e. The van der Waals surface area contributed by atoms with Crippen molar-refractivity contribution in [1.82, 2.24) is 0 Å². The van der Waals surface area contributed by atoms with Gasteiger partial charge < -0.3 is 4.74 Å². The van der Waals surface area contributed by atoms with Crippen molar-refractivity contribution in [2.45, 2.75) is 46.5 Å². The second kappa shape index (κ2) is 4.82. The Labute approximate surface area is 92.7 Å². The SMILES string of the molecule is C=C(C)C(=O)OCC1(C)CCCC(C)C1. The first-order chi connectivity index (χ1) is 6.93. The van der Waals surface area contributed by atoms with Crippen molar-refractivity contribution in [3.8, 4) is 0 Å². The smallest absolute Gasteiger partial charge is 0.333 e. The van der Waals surface area contributed by atoms with E-state index >= 15 is 0 Å². The van der Waals surface area contributed by atoms with Crippen molar-refractivity contribution in [2.75, 3.05) is 6.61 Å². The van der Waals surface area contributed by atoms with Crippen LogP contribution in [0.3, 0.4) is 0 Å². The van der Waals surface area contributed by atoms with Gasteiger partial charge in [-0.25, -0.2) is 4.79 Å². The maximum atomic E-state index is 11.3. The second-order valence-corrected chi connectivity index (χ2v) is 5.37. The van der Waals surface area contributed by atoms with E-state index in [4.69, 9.17) is 4.74 Å². The number of ether oxygens (including phenoxy) is 1. The molecule has 2 heteroatoms. The van der Waals surface area contributed by atoms with Crippen LogP contribution in [-0.4, -0.2) is 12.6 Å². The van der Waals surface area contributed by atoms with E-state index in [-0.39, 0.29) is 11.4 Å². The molecular weight excluding hydrogens is 188 g/mol. The Bertz CT molecular complexity index is 257. The van der Waals surface area contributed by atoms with E-state index in [1.165, 1.54) is 19.3 Å². The molecule has 0 amide bonds. The lowest BCUT2D eigenvalue weighted by molar-refractivity contribution is -0.143. The molecule has 1 fully saturated rings. The van der Waals surface area contributed by atoms with Crippen molar-refractivity contribution >= 4 is 5.97 Å². The summed E-state index contributed by atoms with van der Waals surface area (Å²) in [6.07, 6.45) is 4.89. The lowest BCUT2D eigenvalue weighted by Gasteiger charge is -2.36. The minimum Gasteiger partial charge on any atom is -0.462 e. The van der Waals surface area contributed by atoms with Crippen LogP contribution in [0.25, 0.3) is 0 Å². The highest BCUT2D eigenvalue weighted by Gasteiger charge is 2.31. The number of hydrogen-bond donors (Lipinski definition) is 0. The molecule has 0 aromatic heterocycles. The summed E-state index contributed by atoms with van der Waals surface area (Å²) in [4.78, 5) is 11.3. The third kappa shape index (κ3) is 3.69. The molecule has 1 aliphatic carbocycles. The maximum absolute atomic E-state index is 11.3. The molecule has 1 rings (SSSR count). The average molecular weight is 210 g/mol. The molecule has 2 atom stereocenters. The molecule has 0 aromatic rings. The molecule has 0 saturated heterocycles. The van der Waals surface area contributed by atoms with Crippen LogP contribution in [0.2, 0.25) is 0 Å². The molecule has 0 spiro atoms. The summed E-state index contributed by atoms with van der Waals surface area (Å²) < 4.78 is 5.26. The molecule has 0 heterocycles. The van der Waals surface area contributed by atoms with Gasteiger partial charge in [0.05, 0.1) is 6.61 Å². The highest BCUT2D eigenvalue weighted by atomic mass is 16.5. The predicted octanol–water partition coefficient (Wildman–Crippen LogP) is 3.32. The highest BCUT2D eigenvalue weighted by Crippen LogP contribution is 2.39. The van der Waals surface area contributed by atoms with Crippen molar-refractivity contribution in [2.24, 2.45) is 11.3 Å². The zero-order valence-electron chi connectivity index (χ0n) is 10.1. The van der Waals surface area contributed by atoms with Gasteiger partial charge in [0.2, 0.25) is 0 Å². The zero-order chi connectivity index (χ0) is 11.5. The molecule has 0 bridgehead atoms. The number of rotatable bonds is 3. The van der Waals surface area contributed by atoms with Gasteiger partial charge in [0.1, 0.15) is 0 Å². The molecule has 0 radical (unpaired) electrons. The summed E-state index contributed by atoms with van der Waals surface area (Å²) in [7, 11) is 0. The summed E-state index contributed by atoms with van der Waals surface area (Å²) in [5, 5.41) is 0. The van der Waals surface area contributed by atoms with E-state index in [1.54, 1.807) is 6.92 Å². The molecular formula is C13H22O2. The number of carbonyl (C=O) groups is 1. The van der Waals surface area contributed by atoms with Gasteiger partial charge in [0.25, 0.3) is 0 Å². The first kappa shape index (κ1) is 12.3. The van der Waals surface area contributed by atoms with Gasteiger partial charge in [-0.15, -0.1) is 0 Å². The van der Waals surface area contributed by atoms with E-state index in [2.05, 4.69) is 20.4 Å². The number of esters is 1. The minimum absolute atomic E-state index is 0.183. The first-order valence-electron chi connectivity index (χ1n) is 5.75. The largest absolute Gasteiger partial charge is 0.462 e. The molecule has 2 nitrogen and oxygen atoms in total. The van der Waals surface area contributed by atoms with Gasteiger partial charge in [-0.05, 0) is 25.7 Å². The Hall–Kier alpha value is -0.790. The van der Waals surface area contributed by atoms with Crippen molar-refractivity contribution in [1.29, 1.82) is 0 Å². The van der Waals surface area contributed by atoms with Crippen LogP contribution in [0.1, 0.15) is 46.5 Å². The molecule has 1 aliphatic rings. The first-order valence-corrected chi connectivity index (χ1v) is 5.75. The van der Waals surface area contributed by atoms with Gasteiger partial charge in [-0.1, -0.05) is 33.3 Å². The number of carbonyl (C=O) groups excluding carboxylic acids is 1. The average Bonchev–Trinajstić information content (AvgIpc) is 2.13. The van der Waals surface area contributed by atoms with Gasteiger partial charge in [-0.3, -0.25) is 0 Å². The van der Waals surface area contributed by atoms with E-state index < -0.39 is 0 Å². The van der Waals surface area contributed by atoms with Gasteiger partial charge in [0, 0.05) is 11.0 Å². The normalized spacial score (nSPS) is 31.0. The Morgan fingerprint density at radius 3 is 2.80 bits per heavy atom. The minimum atomic E-state index is -0.255. The molecule has 0 N–H and O–H groups in total. The monoisotopic (exact) mass is 210 g/mol. The Kier molecular flexibility index (Phi) is 3.95. The molecule has 0 aliphatic heterocycles. The topological polar surface area (TPSA) is 26.3 Å². The van der Waals surface area contributed by atoms with Gasteiger partial charge in [0.15, 0.2) is 0 Å². The lowest BCUT2D eigenvalue weighted by atomic mass is 9.72. The predicted molar refractivity (Wildman–Crippen MR) is 61.5 cm³/mol. The third-order valence-electron chi connectivity index (χ3n) is 3.22. The quantitative estimate of drug-likeness (QED) is 0.527. The van der Waals surface area contributed by atoms with Crippen LogP contribution in [-0.2, 0) is 9.53 Å². The third-order valence-corrected chi connectivity index (χ3v) is 3.22.